The quantitative estimate of drug-likeness (QED) is 0.665. The Bertz CT molecular complexity index is 458. The van der Waals surface area contributed by atoms with Crippen molar-refractivity contribution in [3.05, 3.63) is 30.3 Å². The molecule has 1 aromatic carbocycles. The molecule has 1 fully saturated rings. The average molecular weight is 356 g/mol. The minimum absolute atomic E-state index is 0.103. The van der Waals surface area contributed by atoms with Crippen LogP contribution in [-0.4, -0.2) is 74.0 Å². The van der Waals surface area contributed by atoms with Crippen molar-refractivity contribution in [1.29, 1.82) is 0 Å². The highest BCUT2D eigenvalue weighted by atomic mass is 28.4. The number of nitrogens with zero attached hydrogens (tertiary/aromatic N) is 1. The van der Waals surface area contributed by atoms with Crippen LogP contribution in [0.3, 0.4) is 0 Å². The fourth-order valence-electron chi connectivity index (χ4n) is 2.85. The Labute approximate surface area is 146 Å². The Morgan fingerprint density at radius 2 is 1.92 bits per heavy atom. The predicted octanol–water partition coefficient (Wildman–Crippen LogP) is 2.03. The largest absolute Gasteiger partial charge is 0.500 e. The molecular formula is C17H29NO5Si. The van der Waals surface area contributed by atoms with E-state index in [0.29, 0.717) is 13.2 Å². The summed E-state index contributed by atoms with van der Waals surface area (Å²) < 4.78 is 28.7. The summed E-state index contributed by atoms with van der Waals surface area (Å²) in [7, 11) is 2.46. The SMILES string of the molecule is COCCN1CCC[Si](OC)(OC)OC(COc2ccccc2)C1. The van der Waals surface area contributed by atoms with Gasteiger partial charge in [-0.2, -0.15) is 0 Å². The van der Waals surface area contributed by atoms with E-state index in [1.165, 1.54) is 0 Å². The molecule has 0 spiro atoms. The van der Waals surface area contributed by atoms with E-state index in [9.17, 15) is 0 Å². The van der Waals surface area contributed by atoms with Crippen LogP contribution in [0.25, 0.3) is 0 Å². The molecule has 24 heavy (non-hydrogen) atoms. The van der Waals surface area contributed by atoms with Gasteiger partial charge in [0.15, 0.2) is 0 Å². The van der Waals surface area contributed by atoms with Gasteiger partial charge in [0.25, 0.3) is 0 Å². The van der Waals surface area contributed by atoms with E-state index in [2.05, 4.69) is 4.90 Å². The smallest absolute Gasteiger partial charge is 0.491 e. The third-order valence-electron chi connectivity index (χ3n) is 4.18. The van der Waals surface area contributed by atoms with Gasteiger partial charge in [-0.15, -0.1) is 0 Å². The van der Waals surface area contributed by atoms with Gasteiger partial charge in [0, 0.05) is 40.5 Å². The third kappa shape index (κ3) is 5.84. The second-order valence-electron chi connectivity index (χ2n) is 5.85. The Balaban J connectivity index is 2.01. The molecule has 0 aliphatic carbocycles. The maximum Gasteiger partial charge on any atom is 0.500 e. The maximum atomic E-state index is 6.30. The fraction of sp³-hybridized carbons (Fsp3) is 0.647. The van der Waals surface area contributed by atoms with Gasteiger partial charge in [-0.25, -0.2) is 0 Å². The van der Waals surface area contributed by atoms with Crippen LogP contribution in [0.15, 0.2) is 30.3 Å². The molecule has 1 aliphatic rings. The normalized spacial score (nSPS) is 21.9. The molecule has 1 aromatic rings. The lowest BCUT2D eigenvalue weighted by Gasteiger charge is -2.36. The molecule has 0 aromatic heterocycles. The molecule has 1 atom stereocenters. The van der Waals surface area contributed by atoms with Crippen molar-refractivity contribution in [2.75, 3.05) is 54.2 Å². The maximum absolute atomic E-state index is 6.30. The summed E-state index contributed by atoms with van der Waals surface area (Å²) in [5.74, 6) is 0.841. The van der Waals surface area contributed by atoms with E-state index in [1.54, 1.807) is 21.3 Å². The second-order valence-corrected chi connectivity index (χ2v) is 8.77. The van der Waals surface area contributed by atoms with Crippen molar-refractivity contribution in [3.8, 4) is 5.75 Å². The molecule has 1 unspecified atom stereocenters. The average Bonchev–Trinajstić information content (AvgIpc) is 2.61. The van der Waals surface area contributed by atoms with Gasteiger partial charge in [0.1, 0.15) is 12.4 Å². The van der Waals surface area contributed by atoms with Gasteiger partial charge >= 0.3 is 8.80 Å². The van der Waals surface area contributed by atoms with Crippen LogP contribution in [0.4, 0.5) is 0 Å². The number of ether oxygens (including phenoxy) is 2. The second kappa shape index (κ2) is 10.1. The summed E-state index contributed by atoms with van der Waals surface area (Å²) in [6, 6.07) is 10.6. The first-order valence-corrected chi connectivity index (χ1v) is 10.3. The van der Waals surface area contributed by atoms with Gasteiger partial charge in [-0.1, -0.05) is 18.2 Å². The molecule has 1 heterocycles. The molecular weight excluding hydrogens is 326 g/mol. The lowest BCUT2D eigenvalue weighted by atomic mass is 10.3. The van der Waals surface area contributed by atoms with E-state index in [4.69, 9.17) is 22.8 Å². The first-order valence-electron chi connectivity index (χ1n) is 8.38. The van der Waals surface area contributed by atoms with Gasteiger partial charge in [0.05, 0.1) is 12.7 Å². The molecule has 7 heteroatoms. The summed E-state index contributed by atoms with van der Waals surface area (Å²) in [6.45, 7) is 3.82. The number of hydrogen-bond donors (Lipinski definition) is 0. The molecule has 0 amide bonds. The van der Waals surface area contributed by atoms with Gasteiger partial charge in [0.2, 0.25) is 0 Å². The molecule has 1 saturated heterocycles. The molecule has 136 valence electrons. The molecule has 0 bridgehead atoms. The first-order chi connectivity index (χ1) is 11.7. The van der Waals surface area contributed by atoms with Crippen molar-refractivity contribution < 1.29 is 22.8 Å². The molecule has 1 aliphatic heterocycles. The zero-order valence-corrected chi connectivity index (χ0v) is 15.9. The van der Waals surface area contributed by atoms with Crippen LogP contribution in [-0.2, 0) is 18.0 Å². The summed E-state index contributed by atoms with van der Waals surface area (Å²) in [4.78, 5) is 2.35. The summed E-state index contributed by atoms with van der Waals surface area (Å²) in [5.41, 5.74) is 0. The number of para-hydroxylation sites is 1. The van der Waals surface area contributed by atoms with Gasteiger partial charge in [-0.3, -0.25) is 4.90 Å². The lowest BCUT2D eigenvalue weighted by molar-refractivity contribution is 0.00111. The van der Waals surface area contributed by atoms with Crippen LogP contribution >= 0.6 is 0 Å². The van der Waals surface area contributed by atoms with Crippen LogP contribution < -0.4 is 4.74 Å². The van der Waals surface area contributed by atoms with Crippen molar-refractivity contribution in [3.63, 3.8) is 0 Å². The zero-order chi connectivity index (χ0) is 17.3. The van der Waals surface area contributed by atoms with E-state index in [0.717, 1.165) is 37.8 Å². The molecule has 0 radical (unpaired) electrons. The minimum Gasteiger partial charge on any atom is -0.491 e. The Hall–Kier alpha value is -0.963. The van der Waals surface area contributed by atoms with Crippen LogP contribution in [0.2, 0.25) is 6.04 Å². The highest BCUT2D eigenvalue weighted by molar-refractivity contribution is 6.60. The third-order valence-corrected chi connectivity index (χ3v) is 7.08. The number of hydrogen-bond acceptors (Lipinski definition) is 6. The Morgan fingerprint density at radius 3 is 2.58 bits per heavy atom. The standard InChI is InChI=1S/C17H29NO5Si/c1-19-12-11-18-10-7-13-24(20-2,21-3)23-17(14-18)15-22-16-8-5-4-6-9-16/h4-6,8-9,17H,7,10-15H2,1-3H3. The van der Waals surface area contributed by atoms with E-state index in [-0.39, 0.29) is 6.10 Å². The summed E-state index contributed by atoms with van der Waals surface area (Å²) >= 11 is 0. The Morgan fingerprint density at radius 1 is 1.17 bits per heavy atom. The van der Waals surface area contributed by atoms with Crippen molar-refractivity contribution >= 4 is 8.80 Å². The monoisotopic (exact) mass is 355 g/mol. The Kier molecular flexibility index (Phi) is 8.17. The molecule has 2 rings (SSSR count). The lowest BCUT2D eigenvalue weighted by Crippen LogP contribution is -2.53. The van der Waals surface area contributed by atoms with E-state index >= 15 is 0 Å². The highest BCUT2D eigenvalue weighted by Gasteiger charge is 2.42. The predicted molar refractivity (Wildman–Crippen MR) is 94.3 cm³/mol. The molecule has 0 saturated carbocycles. The zero-order valence-electron chi connectivity index (χ0n) is 14.9. The van der Waals surface area contributed by atoms with Crippen LogP contribution in [0.1, 0.15) is 6.42 Å². The summed E-state index contributed by atoms with van der Waals surface area (Å²) in [5, 5.41) is 0. The summed E-state index contributed by atoms with van der Waals surface area (Å²) in [6.07, 6.45) is 0.887. The topological polar surface area (TPSA) is 49.4 Å². The van der Waals surface area contributed by atoms with Crippen LogP contribution in [0.5, 0.6) is 5.75 Å². The van der Waals surface area contributed by atoms with Gasteiger partial charge < -0.3 is 22.8 Å². The molecule has 6 nitrogen and oxygen atoms in total. The number of benzene rings is 1. The van der Waals surface area contributed by atoms with Crippen molar-refractivity contribution in [2.24, 2.45) is 0 Å². The van der Waals surface area contributed by atoms with Gasteiger partial charge in [-0.05, 0) is 25.1 Å². The fourth-order valence-corrected chi connectivity index (χ4v) is 4.98. The minimum atomic E-state index is -2.61. The number of rotatable bonds is 8. The van der Waals surface area contributed by atoms with Crippen molar-refractivity contribution in [2.45, 2.75) is 18.6 Å². The highest BCUT2D eigenvalue weighted by Crippen LogP contribution is 2.22. The van der Waals surface area contributed by atoms with E-state index < -0.39 is 8.80 Å². The number of methoxy groups -OCH3 is 1. The van der Waals surface area contributed by atoms with E-state index in [1.807, 2.05) is 30.3 Å². The molecule has 0 N–H and O–H groups in total. The van der Waals surface area contributed by atoms with Crippen LogP contribution in [0, 0.1) is 0 Å². The van der Waals surface area contributed by atoms with Crippen molar-refractivity contribution in [1.82, 2.24) is 4.90 Å². The first kappa shape index (κ1) is 19.4.